The number of aliphatic hydroxyl groups is 1. The van der Waals surface area contributed by atoms with Gasteiger partial charge in [-0.1, -0.05) is 0 Å². The summed E-state index contributed by atoms with van der Waals surface area (Å²) in [6.07, 6.45) is -2.44. The Bertz CT molecular complexity index is 308. The van der Waals surface area contributed by atoms with Gasteiger partial charge in [-0.15, -0.1) is 0 Å². The van der Waals surface area contributed by atoms with Crippen LogP contribution in [0.4, 0.5) is 0 Å². The lowest BCUT2D eigenvalue weighted by Gasteiger charge is -2.21. The molecule has 1 atom stereocenters. The van der Waals surface area contributed by atoms with Crippen LogP contribution in [-0.4, -0.2) is 44.8 Å². The SMILES string of the molecule is CC(=O)[O-].O=C([O-])CC(O)(CC(=O)O)C(=O)O.[NH4+].[NH4+]. The lowest BCUT2D eigenvalue weighted by atomic mass is 9.96. The van der Waals surface area contributed by atoms with Crippen LogP contribution in [0.1, 0.15) is 19.8 Å². The number of hydrogen-bond donors (Lipinski definition) is 5. The van der Waals surface area contributed by atoms with Gasteiger partial charge in [0.1, 0.15) is 0 Å². The summed E-state index contributed by atoms with van der Waals surface area (Å²) in [6, 6.07) is 0. The van der Waals surface area contributed by atoms with Crippen LogP contribution < -0.4 is 22.5 Å². The highest BCUT2D eigenvalue weighted by Crippen LogP contribution is 2.15. The molecule has 0 aliphatic carbocycles. The van der Waals surface area contributed by atoms with E-state index in [1.165, 1.54) is 0 Å². The summed E-state index contributed by atoms with van der Waals surface area (Å²) in [6.45, 7) is 0.972. The Kier molecular flexibility index (Phi) is 14.6. The summed E-state index contributed by atoms with van der Waals surface area (Å²) in [5.41, 5.74) is -2.80. The summed E-state index contributed by atoms with van der Waals surface area (Å²) >= 11 is 0. The molecule has 11 nitrogen and oxygen atoms in total. The number of carbonyl (C=O) groups excluding carboxylic acids is 2. The van der Waals surface area contributed by atoms with Gasteiger partial charge in [0.15, 0.2) is 5.60 Å². The van der Waals surface area contributed by atoms with Gasteiger partial charge in [0.25, 0.3) is 0 Å². The molecule has 0 spiro atoms. The van der Waals surface area contributed by atoms with Gasteiger partial charge in [0.2, 0.25) is 0 Å². The monoisotopic (exact) mass is 286 g/mol. The molecule has 0 saturated heterocycles. The highest BCUT2D eigenvalue weighted by atomic mass is 16.4. The first-order valence-electron chi connectivity index (χ1n) is 4.06. The molecule has 0 aliphatic heterocycles. The van der Waals surface area contributed by atoms with Crippen LogP contribution in [0.15, 0.2) is 0 Å². The maximum Gasteiger partial charge on any atom is 0.336 e. The molecule has 11 heteroatoms. The van der Waals surface area contributed by atoms with Crippen molar-refractivity contribution in [3.05, 3.63) is 0 Å². The zero-order valence-corrected chi connectivity index (χ0v) is 10.7. The fraction of sp³-hybridized carbons (Fsp3) is 0.500. The summed E-state index contributed by atoms with van der Waals surface area (Å²) in [5.74, 6) is -6.42. The third kappa shape index (κ3) is 15.8. The summed E-state index contributed by atoms with van der Waals surface area (Å²) < 4.78 is 0. The van der Waals surface area contributed by atoms with Crippen molar-refractivity contribution in [1.82, 2.24) is 12.3 Å². The van der Waals surface area contributed by atoms with Crippen molar-refractivity contribution in [2.24, 2.45) is 0 Å². The number of carbonyl (C=O) groups is 4. The molecule has 0 amide bonds. The number of carboxylic acid groups (broad SMARTS) is 4. The van der Waals surface area contributed by atoms with Crippen molar-refractivity contribution in [2.75, 3.05) is 0 Å². The first-order valence-corrected chi connectivity index (χ1v) is 4.06. The van der Waals surface area contributed by atoms with Gasteiger partial charge < -0.3 is 47.4 Å². The van der Waals surface area contributed by atoms with Crippen molar-refractivity contribution in [1.29, 1.82) is 0 Å². The van der Waals surface area contributed by atoms with Gasteiger partial charge in [-0.2, -0.15) is 0 Å². The average Bonchev–Trinajstić information content (AvgIpc) is 1.98. The van der Waals surface area contributed by atoms with Crippen molar-refractivity contribution >= 4 is 23.9 Å². The van der Waals surface area contributed by atoms with Crippen molar-refractivity contribution in [3.8, 4) is 0 Å². The van der Waals surface area contributed by atoms with Crippen LogP contribution in [0.3, 0.4) is 0 Å². The molecule has 19 heavy (non-hydrogen) atoms. The summed E-state index contributed by atoms with van der Waals surface area (Å²) in [5, 5.41) is 44.4. The van der Waals surface area contributed by atoms with Crippen LogP contribution >= 0.6 is 0 Å². The topological polar surface area (TPSA) is 248 Å². The van der Waals surface area contributed by atoms with Crippen molar-refractivity contribution in [3.63, 3.8) is 0 Å². The predicted octanol–water partition coefficient (Wildman–Crippen LogP) is -3.07. The Balaban J connectivity index is -0.000000165. The minimum atomic E-state index is -2.80. The molecular weight excluding hydrogens is 268 g/mol. The molecule has 11 N–H and O–H groups in total. The number of aliphatic carboxylic acids is 4. The lowest BCUT2D eigenvalue weighted by Crippen LogP contribution is -2.45. The highest BCUT2D eigenvalue weighted by molar-refractivity contribution is 5.87. The number of hydrogen-bond acceptors (Lipinski definition) is 7. The second-order valence-corrected chi connectivity index (χ2v) is 2.95. The van der Waals surface area contributed by atoms with E-state index in [4.69, 9.17) is 25.2 Å². The maximum atomic E-state index is 10.3. The average molecular weight is 286 g/mol. The van der Waals surface area contributed by atoms with Crippen molar-refractivity contribution in [2.45, 2.75) is 25.4 Å². The van der Waals surface area contributed by atoms with Crippen LogP contribution in [0.25, 0.3) is 0 Å². The maximum absolute atomic E-state index is 10.3. The smallest absolute Gasteiger partial charge is 0.336 e. The van der Waals surface area contributed by atoms with E-state index in [-0.39, 0.29) is 12.3 Å². The quantitative estimate of drug-likeness (QED) is 0.343. The molecule has 0 aliphatic rings. The second kappa shape index (κ2) is 10.9. The van der Waals surface area contributed by atoms with E-state index in [1.807, 2.05) is 0 Å². The highest BCUT2D eigenvalue weighted by Gasteiger charge is 2.38. The van der Waals surface area contributed by atoms with E-state index in [0.29, 0.717) is 0 Å². The van der Waals surface area contributed by atoms with Gasteiger partial charge in [0, 0.05) is 18.4 Å². The Morgan fingerprint density at radius 2 is 1.32 bits per heavy atom. The van der Waals surface area contributed by atoms with Crippen LogP contribution in [0.5, 0.6) is 0 Å². The third-order valence-electron chi connectivity index (χ3n) is 1.28. The Labute approximate surface area is 107 Å². The number of rotatable bonds is 5. The zero-order valence-electron chi connectivity index (χ0n) is 10.7. The fourth-order valence-corrected chi connectivity index (χ4v) is 0.703. The van der Waals surface area contributed by atoms with Crippen LogP contribution in [0, 0.1) is 0 Å². The molecule has 0 fully saturated rings. The minimum Gasteiger partial charge on any atom is -0.550 e. The first-order chi connectivity index (χ1) is 7.51. The molecule has 0 bridgehead atoms. The van der Waals surface area contributed by atoms with E-state index in [1.54, 1.807) is 0 Å². The molecule has 0 aromatic rings. The normalized spacial score (nSPS) is 11.3. The van der Waals surface area contributed by atoms with Crippen molar-refractivity contribution < 1.29 is 44.7 Å². The largest absolute Gasteiger partial charge is 0.550 e. The van der Waals surface area contributed by atoms with E-state index < -0.39 is 42.3 Å². The van der Waals surface area contributed by atoms with Gasteiger partial charge in [0.05, 0.1) is 6.42 Å². The molecule has 0 rings (SSSR count). The second-order valence-electron chi connectivity index (χ2n) is 2.95. The van der Waals surface area contributed by atoms with Crippen LogP contribution in [0.2, 0.25) is 0 Å². The van der Waals surface area contributed by atoms with E-state index in [2.05, 4.69) is 0 Å². The molecule has 114 valence electrons. The molecule has 0 aromatic heterocycles. The van der Waals surface area contributed by atoms with E-state index >= 15 is 0 Å². The van der Waals surface area contributed by atoms with E-state index in [0.717, 1.165) is 6.92 Å². The van der Waals surface area contributed by atoms with Gasteiger partial charge in [-0.05, 0) is 6.92 Å². The van der Waals surface area contributed by atoms with E-state index in [9.17, 15) is 19.5 Å². The third-order valence-corrected chi connectivity index (χ3v) is 1.28. The Morgan fingerprint density at radius 1 is 1.00 bits per heavy atom. The standard InChI is InChI=1S/C6H8O7.C2H4O2.2H3N/c7-3(8)1-6(13,5(11)12)2-4(9)10;1-2(3)4;;/h13H,1-2H2,(H,7,8)(H,9,10)(H,11,12);1H3,(H,3,4);2*1H3. The molecule has 0 heterocycles. The predicted molar refractivity (Wildman–Crippen MR) is 57.1 cm³/mol. The molecule has 0 aromatic carbocycles. The number of quaternary nitrogens is 2. The number of carboxylic acids is 4. The van der Waals surface area contributed by atoms with Crippen LogP contribution in [-0.2, 0) is 19.2 Å². The van der Waals surface area contributed by atoms with Gasteiger partial charge >= 0.3 is 11.9 Å². The first kappa shape index (κ1) is 25.6. The molecular formula is C8H18N2O9. The van der Waals surface area contributed by atoms with Gasteiger partial charge in [-0.25, -0.2) is 4.79 Å². The lowest BCUT2D eigenvalue weighted by molar-refractivity contribution is -0.309. The van der Waals surface area contributed by atoms with Gasteiger partial charge in [-0.3, -0.25) is 4.79 Å². The zero-order chi connectivity index (χ0) is 14.2. The molecule has 0 saturated carbocycles. The molecule has 0 radical (unpaired) electrons. The minimum absolute atomic E-state index is 0. The fourth-order valence-electron chi connectivity index (χ4n) is 0.703. The Hall–Kier alpha value is -2.24. The summed E-state index contributed by atoms with van der Waals surface area (Å²) in [4.78, 5) is 39.2. The summed E-state index contributed by atoms with van der Waals surface area (Å²) in [7, 11) is 0. The Morgan fingerprint density at radius 3 is 1.47 bits per heavy atom. The molecule has 1 unspecified atom stereocenters.